The van der Waals surface area contributed by atoms with E-state index < -0.39 is 0 Å². The molecule has 1 atom stereocenters. The molecule has 1 heterocycles. The summed E-state index contributed by atoms with van der Waals surface area (Å²) < 4.78 is 15.8. The minimum Gasteiger partial charge on any atom is -0.349 e. The van der Waals surface area contributed by atoms with Crippen molar-refractivity contribution < 1.29 is 4.39 Å². The molecule has 0 bridgehead atoms. The molecule has 1 aromatic heterocycles. The van der Waals surface area contributed by atoms with Crippen LogP contribution in [0.1, 0.15) is 37.4 Å². The maximum absolute atomic E-state index is 13.8. The van der Waals surface area contributed by atoms with Gasteiger partial charge in [-0.15, -0.1) is 0 Å². The average Bonchev–Trinajstić information content (AvgIpc) is 2.87. The van der Waals surface area contributed by atoms with Crippen LogP contribution in [0.15, 0.2) is 36.7 Å². The minimum absolute atomic E-state index is 0.258. The lowest BCUT2D eigenvalue weighted by Crippen LogP contribution is -2.19. The van der Waals surface area contributed by atoms with Gasteiger partial charge in [0.15, 0.2) is 0 Å². The molecule has 0 aliphatic heterocycles. The van der Waals surface area contributed by atoms with Crippen molar-refractivity contribution >= 4 is 11.6 Å². The van der Waals surface area contributed by atoms with Crippen LogP contribution in [0, 0.1) is 5.82 Å². The van der Waals surface area contributed by atoms with E-state index in [4.69, 9.17) is 11.6 Å². The highest BCUT2D eigenvalue weighted by atomic mass is 35.5. The first-order chi connectivity index (χ1) is 9.63. The van der Waals surface area contributed by atoms with Crippen LogP contribution in [0.2, 0.25) is 5.02 Å². The van der Waals surface area contributed by atoms with Gasteiger partial charge in [0.25, 0.3) is 0 Å². The Morgan fingerprint density at radius 1 is 1.30 bits per heavy atom. The van der Waals surface area contributed by atoms with Crippen molar-refractivity contribution in [3.63, 3.8) is 0 Å². The summed E-state index contributed by atoms with van der Waals surface area (Å²) in [6.07, 6.45) is 5.10. The predicted molar refractivity (Wildman–Crippen MR) is 81.7 cm³/mol. The topological polar surface area (TPSA) is 17.0 Å². The van der Waals surface area contributed by atoms with Gasteiger partial charge in [0.1, 0.15) is 5.82 Å². The molecule has 0 spiro atoms. The zero-order valence-electron chi connectivity index (χ0n) is 11.9. The fourth-order valence-corrected chi connectivity index (χ4v) is 2.51. The van der Waals surface area contributed by atoms with E-state index >= 15 is 0 Å². The van der Waals surface area contributed by atoms with Crippen molar-refractivity contribution in [1.82, 2.24) is 9.88 Å². The van der Waals surface area contributed by atoms with Gasteiger partial charge < -0.3 is 9.88 Å². The van der Waals surface area contributed by atoms with Crippen LogP contribution in [-0.4, -0.2) is 11.1 Å². The number of nitrogens with zero attached hydrogens (tertiary/aromatic N) is 1. The van der Waals surface area contributed by atoms with Gasteiger partial charge >= 0.3 is 0 Å². The number of hydrogen-bond donors (Lipinski definition) is 1. The lowest BCUT2D eigenvalue weighted by atomic mass is 10.1. The average molecular weight is 295 g/mol. The summed E-state index contributed by atoms with van der Waals surface area (Å²) in [6, 6.07) is 7.26. The third-order valence-electron chi connectivity index (χ3n) is 3.40. The van der Waals surface area contributed by atoms with Crippen molar-refractivity contribution in [2.75, 3.05) is 6.54 Å². The summed E-state index contributed by atoms with van der Waals surface area (Å²) in [6.45, 7) is 5.72. The fourth-order valence-electron chi connectivity index (χ4n) is 2.35. The largest absolute Gasteiger partial charge is 0.349 e. The minimum atomic E-state index is -0.258. The third-order valence-corrected chi connectivity index (χ3v) is 3.64. The first-order valence-corrected chi connectivity index (χ1v) is 7.34. The summed E-state index contributed by atoms with van der Waals surface area (Å²) >= 11 is 5.76. The van der Waals surface area contributed by atoms with E-state index in [-0.39, 0.29) is 5.82 Å². The van der Waals surface area contributed by atoms with Crippen molar-refractivity contribution in [3.05, 3.63) is 58.6 Å². The monoisotopic (exact) mass is 294 g/mol. The molecule has 2 nitrogen and oxygen atoms in total. The zero-order valence-corrected chi connectivity index (χ0v) is 12.6. The Balaban J connectivity index is 2.12. The molecule has 1 unspecified atom stereocenters. The number of benzene rings is 1. The van der Waals surface area contributed by atoms with Gasteiger partial charge in [0.2, 0.25) is 0 Å². The maximum atomic E-state index is 13.8. The number of rotatable bonds is 6. The molecule has 0 saturated heterocycles. The van der Waals surface area contributed by atoms with Gasteiger partial charge in [-0.1, -0.05) is 31.5 Å². The first kappa shape index (κ1) is 15.1. The van der Waals surface area contributed by atoms with Crippen LogP contribution in [-0.2, 0) is 6.54 Å². The number of halogens is 2. The Hall–Kier alpha value is -1.32. The van der Waals surface area contributed by atoms with Crippen molar-refractivity contribution in [2.24, 2.45) is 0 Å². The third kappa shape index (κ3) is 3.62. The molecule has 4 heteroatoms. The van der Waals surface area contributed by atoms with Crippen LogP contribution in [0.4, 0.5) is 4.39 Å². The molecule has 0 aliphatic carbocycles. The van der Waals surface area contributed by atoms with Gasteiger partial charge in [-0.2, -0.15) is 0 Å². The fraction of sp³-hybridized carbons (Fsp3) is 0.375. The first-order valence-electron chi connectivity index (χ1n) is 6.97. The maximum Gasteiger partial charge on any atom is 0.129 e. The van der Waals surface area contributed by atoms with Gasteiger partial charge in [-0.3, -0.25) is 0 Å². The van der Waals surface area contributed by atoms with Crippen molar-refractivity contribution in [3.8, 4) is 0 Å². The molecule has 2 aromatic rings. The van der Waals surface area contributed by atoms with Gasteiger partial charge in [0.05, 0.1) is 0 Å². The molecule has 1 aromatic carbocycles. The molecule has 0 fully saturated rings. The Kier molecular flexibility index (Phi) is 5.21. The normalized spacial score (nSPS) is 12.6. The summed E-state index contributed by atoms with van der Waals surface area (Å²) in [5, 5.41) is 3.87. The highest BCUT2D eigenvalue weighted by Crippen LogP contribution is 2.19. The molecular formula is C16H20ClFN2. The Labute approximate surface area is 124 Å². The molecule has 0 saturated carbocycles. The summed E-state index contributed by atoms with van der Waals surface area (Å²) in [5.74, 6) is -0.258. The van der Waals surface area contributed by atoms with Crippen LogP contribution < -0.4 is 5.32 Å². The lowest BCUT2D eigenvalue weighted by Gasteiger charge is -2.14. The molecular weight excluding hydrogens is 275 g/mol. The van der Waals surface area contributed by atoms with E-state index in [0.29, 0.717) is 23.2 Å². The van der Waals surface area contributed by atoms with Gasteiger partial charge in [-0.05, 0) is 36.7 Å². The molecule has 2 rings (SSSR count). The molecule has 1 N–H and O–H groups in total. The molecule has 20 heavy (non-hydrogen) atoms. The molecule has 0 amide bonds. The van der Waals surface area contributed by atoms with Gasteiger partial charge in [-0.25, -0.2) is 4.39 Å². The highest BCUT2D eigenvalue weighted by Gasteiger charge is 2.10. The summed E-state index contributed by atoms with van der Waals surface area (Å²) in [5.41, 5.74) is 1.89. The quantitative estimate of drug-likeness (QED) is 0.836. The van der Waals surface area contributed by atoms with Crippen molar-refractivity contribution in [2.45, 2.75) is 32.9 Å². The standard InChI is InChI=1S/C16H20ClFN2/c1-3-16(19-4-2)13-7-8-20(11-13)10-12-5-6-14(17)9-15(12)18/h5-9,11,16,19H,3-4,10H2,1-2H3. The molecule has 108 valence electrons. The van der Waals surface area contributed by atoms with Gasteiger partial charge in [0, 0.05) is 35.6 Å². The molecule has 0 radical (unpaired) electrons. The summed E-state index contributed by atoms with van der Waals surface area (Å²) in [7, 11) is 0. The predicted octanol–water partition coefficient (Wildman–Crippen LogP) is 4.39. The number of hydrogen-bond acceptors (Lipinski definition) is 1. The number of nitrogens with one attached hydrogen (secondary N) is 1. The van der Waals surface area contributed by atoms with E-state index in [1.54, 1.807) is 12.1 Å². The molecule has 0 aliphatic rings. The van der Waals surface area contributed by atoms with Crippen molar-refractivity contribution in [1.29, 1.82) is 0 Å². The SMILES string of the molecule is CCNC(CC)c1ccn(Cc2ccc(Cl)cc2F)c1. The van der Waals surface area contributed by atoms with E-state index in [2.05, 4.69) is 31.4 Å². The van der Waals surface area contributed by atoms with E-state index in [0.717, 1.165) is 13.0 Å². The van der Waals surface area contributed by atoms with E-state index in [1.807, 2.05) is 10.8 Å². The smallest absolute Gasteiger partial charge is 0.129 e. The van der Waals surface area contributed by atoms with Crippen LogP contribution in [0.25, 0.3) is 0 Å². The van der Waals surface area contributed by atoms with E-state index in [9.17, 15) is 4.39 Å². The second-order valence-electron chi connectivity index (χ2n) is 4.87. The van der Waals surface area contributed by atoms with E-state index in [1.165, 1.54) is 11.6 Å². The Morgan fingerprint density at radius 2 is 2.10 bits per heavy atom. The van der Waals surface area contributed by atoms with Crippen LogP contribution in [0.5, 0.6) is 0 Å². The second-order valence-corrected chi connectivity index (χ2v) is 5.31. The lowest BCUT2D eigenvalue weighted by molar-refractivity contribution is 0.536. The Bertz CT molecular complexity index is 565. The second kappa shape index (κ2) is 6.91. The zero-order chi connectivity index (χ0) is 14.5. The van der Waals surface area contributed by atoms with Crippen LogP contribution >= 0.6 is 11.6 Å². The highest BCUT2D eigenvalue weighted by molar-refractivity contribution is 6.30. The Morgan fingerprint density at radius 3 is 2.75 bits per heavy atom. The summed E-state index contributed by atoms with van der Waals surface area (Å²) in [4.78, 5) is 0. The number of aromatic nitrogens is 1. The van der Waals surface area contributed by atoms with Crippen LogP contribution in [0.3, 0.4) is 0 Å².